The molecule has 0 spiro atoms. The average Bonchev–Trinajstić information content (AvgIpc) is 3.50. The van der Waals surface area contributed by atoms with Crippen LogP contribution in [0, 0.1) is 6.92 Å². The average molecular weight is 507 g/mol. The Morgan fingerprint density at radius 3 is 2.51 bits per heavy atom. The molecule has 2 unspecified atom stereocenters. The Balaban J connectivity index is 1.36. The van der Waals surface area contributed by atoms with Gasteiger partial charge in [-0.3, -0.25) is 14.3 Å². The summed E-state index contributed by atoms with van der Waals surface area (Å²) in [5.74, 6) is 1.31. The maximum atomic E-state index is 13.0. The molecule has 3 aromatic heterocycles. The van der Waals surface area contributed by atoms with E-state index in [9.17, 15) is 4.79 Å². The molecule has 10 heteroatoms. The van der Waals surface area contributed by atoms with Crippen molar-refractivity contribution in [3.8, 4) is 17.1 Å². The molecular weight excluding hydrogens is 480 g/mol. The molecule has 0 bridgehead atoms. The molecule has 0 saturated carbocycles. The number of nitrogens with zero attached hydrogens (tertiary/aromatic N) is 6. The summed E-state index contributed by atoms with van der Waals surface area (Å²) in [5, 5.41) is 12.4. The highest BCUT2D eigenvalue weighted by molar-refractivity contribution is 7.98. The third-order valence-electron chi connectivity index (χ3n) is 5.67. The molecule has 1 fully saturated rings. The molecule has 8 nitrogen and oxygen atoms in total. The largest absolute Gasteiger partial charge is 0.372 e. The minimum absolute atomic E-state index is 0.0269. The number of pyridine rings is 1. The second-order valence-electron chi connectivity index (χ2n) is 8.60. The van der Waals surface area contributed by atoms with Gasteiger partial charge in [-0.25, -0.2) is 4.98 Å². The zero-order valence-corrected chi connectivity index (χ0v) is 21.4. The summed E-state index contributed by atoms with van der Waals surface area (Å²) in [6.07, 6.45) is 3.55. The predicted molar refractivity (Wildman–Crippen MR) is 137 cm³/mol. The van der Waals surface area contributed by atoms with Crippen LogP contribution in [0.15, 0.2) is 59.3 Å². The predicted octanol–water partition coefficient (Wildman–Crippen LogP) is 4.64. The number of thiazole rings is 1. The zero-order valence-electron chi connectivity index (χ0n) is 19.8. The van der Waals surface area contributed by atoms with E-state index in [-0.39, 0.29) is 18.1 Å². The van der Waals surface area contributed by atoms with Crippen molar-refractivity contribution in [2.24, 2.45) is 0 Å². The number of rotatable bonds is 6. The molecule has 2 atom stereocenters. The smallest absolute Gasteiger partial charge is 0.273 e. The van der Waals surface area contributed by atoms with Crippen LogP contribution in [-0.4, -0.2) is 60.8 Å². The van der Waals surface area contributed by atoms with Crippen molar-refractivity contribution in [3.63, 3.8) is 0 Å². The first-order chi connectivity index (χ1) is 17.0. The first-order valence-corrected chi connectivity index (χ1v) is 13.3. The number of hydrogen-bond donors (Lipinski definition) is 0. The van der Waals surface area contributed by atoms with Crippen molar-refractivity contribution in [1.29, 1.82) is 0 Å². The van der Waals surface area contributed by atoms with Gasteiger partial charge >= 0.3 is 0 Å². The maximum Gasteiger partial charge on any atom is 0.273 e. The van der Waals surface area contributed by atoms with Crippen LogP contribution >= 0.6 is 23.1 Å². The number of amides is 1. The Labute approximate surface area is 212 Å². The summed E-state index contributed by atoms with van der Waals surface area (Å²) >= 11 is 3.05. The summed E-state index contributed by atoms with van der Waals surface area (Å²) in [4.78, 5) is 23.6. The molecule has 180 valence electrons. The van der Waals surface area contributed by atoms with Gasteiger partial charge in [-0.15, -0.1) is 21.5 Å². The lowest BCUT2D eigenvalue weighted by Gasteiger charge is -2.34. The van der Waals surface area contributed by atoms with Gasteiger partial charge in [0, 0.05) is 42.1 Å². The lowest BCUT2D eigenvalue weighted by molar-refractivity contribution is -0.0587. The standard InChI is InChI=1S/C25H26N6O2S2/c1-16-4-6-20(7-5-16)31-23(19-8-10-26-11-9-19)28-29-25(31)35-15-22-27-21(14-34-22)24(32)30-12-17(2)33-18(3)13-30/h4-11,14,17-18H,12-13,15H2,1-3H3. The van der Waals surface area contributed by atoms with Gasteiger partial charge in [0.05, 0.1) is 18.0 Å². The second-order valence-corrected chi connectivity index (χ2v) is 10.5. The quantitative estimate of drug-likeness (QED) is 0.352. The van der Waals surface area contributed by atoms with E-state index in [4.69, 9.17) is 4.74 Å². The molecule has 4 aromatic rings. The molecule has 1 amide bonds. The molecular formula is C25H26N6O2S2. The van der Waals surface area contributed by atoms with Gasteiger partial charge in [-0.2, -0.15) is 0 Å². The van der Waals surface area contributed by atoms with E-state index in [1.165, 1.54) is 16.9 Å². The van der Waals surface area contributed by atoms with Crippen molar-refractivity contribution in [2.75, 3.05) is 13.1 Å². The van der Waals surface area contributed by atoms with Crippen LogP contribution in [0.1, 0.15) is 34.9 Å². The Morgan fingerprint density at radius 1 is 1.09 bits per heavy atom. The van der Waals surface area contributed by atoms with Gasteiger partial charge in [0.1, 0.15) is 10.7 Å². The number of carbonyl (C=O) groups is 1. The number of hydrogen-bond acceptors (Lipinski definition) is 8. The Bertz CT molecular complexity index is 1300. The van der Waals surface area contributed by atoms with E-state index in [1.807, 2.05) is 36.3 Å². The first-order valence-electron chi connectivity index (χ1n) is 11.4. The van der Waals surface area contributed by atoms with Crippen molar-refractivity contribution < 1.29 is 9.53 Å². The number of carbonyl (C=O) groups excluding carboxylic acids is 1. The number of ether oxygens (including phenoxy) is 1. The highest BCUT2D eigenvalue weighted by Crippen LogP contribution is 2.30. The van der Waals surface area contributed by atoms with Crippen molar-refractivity contribution in [3.05, 3.63) is 70.4 Å². The van der Waals surface area contributed by atoms with Crippen LogP contribution in [0.25, 0.3) is 17.1 Å². The van der Waals surface area contributed by atoms with Crippen LogP contribution in [0.3, 0.4) is 0 Å². The minimum atomic E-state index is -0.0395. The van der Waals surface area contributed by atoms with Crippen molar-refractivity contribution in [1.82, 2.24) is 29.6 Å². The molecule has 4 heterocycles. The summed E-state index contributed by atoms with van der Waals surface area (Å²) in [6, 6.07) is 12.1. The number of aryl methyl sites for hydroxylation is 1. The summed E-state index contributed by atoms with van der Waals surface area (Å²) in [5.41, 5.74) is 3.60. The van der Waals surface area contributed by atoms with Crippen molar-refractivity contribution >= 4 is 29.0 Å². The van der Waals surface area contributed by atoms with Crippen LogP contribution in [0.2, 0.25) is 0 Å². The number of benzene rings is 1. The van der Waals surface area contributed by atoms with E-state index in [2.05, 4.69) is 55.9 Å². The van der Waals surface area contributed by atoms with E-state index >= 15 is 0 Å². The zero-order chi connectivity index (χ0) is 24.4. The Hall–Kier alpha value is -3.08. The molecule has 5 rings (SSSR count). The van der Waals surface area contributed by atoms with Gasteiger partial charge in [0.2, 0.25) is 0 Å². The van der Waals surface area contributed by atoms with Gasteiger partial charge in [0.15, 0.2) is 11.0 Å². The number of thioether (sulfide) groups is 1. The fourth-order valence-corrected chi connectivity index (χ4v) is 5.82. The van der Waals surface area contributed by atoms with Crippen LogP contribution in [0.5, 0.6) is 0 Å². The summed E-state index contributed by atoms with van der Waals surface area (Å²) in [6.45, 7) is 7.21. The molecule has 0 radical (unpaired) electrons. The van der Waals surface area contributed by atoms with E-state index in [0.717, 1.165) is 27.2 Å². The molecule has 0 aliphatic carbocycles. The molecule has 1 aliphatic rings. The third kappa shape index (κ3) is 5.29. The molecule has 1 aliphatic heterocycles. The molecule has 1 saturated heterocycles. The first kappa shape index (κ1) is 23.7. The van der Waals surface area contributed by atoms with Gasteiger partial charge in [0.25, 0.3) is 5.91 Å². The normalized spacial score (nSPS) is 18.1. The Kier molecular flexibility index (Phi) is 6.94. The van der Waals surface area contributed by atoms with Gasteiger partial charge in [-0.05, 0) is 45.0 Å². The minimum Gasteiger partial charge on any atom is -0.372 e. The number of aromatic nitrogens is 5. The molecule has 35 heavy (non-hydrogen) atoms. The van der Waals surface area contributed by atoms with Gasteiger partial charge < -0.3 is 9.64 Å². The van der Waals surface area contributed by atoms with Gasteiger partial charge in [-0.1, -0.05) is 29.5 Å². The molecule has 0 N–H and O–H groups in total. The highest BCUT2D eigenvalue weighted by atomic mass is 32.2. The van der Waals surface area contributed by atoms with Crippen molar-refractivity contribution in [2.45, 2.75) is 43.9 Å². The fourth-order valence-electron chi connectivity index (χ4n) is 4.09. The third-order valence-corrected chi connectivity index (χ3v) is 7.64. The molecule has 1 aromatic carbocycles. The van der Waals surface area contributed by atoms with E-state index in [1.54, 1.807) is 24.2 Å². The monoisotopic (exact) mass is 506 g/mol. The van der Waals surface area contributed by atoms with Crippen LogP contribution in [-0.2, 0) is 10.5 Å². The second kappa shape index (κ2) is 10.3. The summed E-state index contributed by atoms with van der Waals surface area (Å²) < 4.78 is 7.80. The topological polar surface area (TPSA) is 86.0 Å². The lowest BCUT2D eigenvalue weighted by atomic mass is 10.2. The van der Waals surface area contributed by atoms with Crippen LogP contribution < -0.4 is 0 Å². The Morgan fingerprint density at radius 2 is 1.80 bits per heavy atom. The van der Waals surface area contributed by atoms with E-state index < -0.39 is 0 Å². The lowest BCUT2D eigenvalue weighted by Crippen LogP contribution is -2.48. The number of morpholine rings is 1. The maximum absolute atomic E-state index is 13.0. The van der Waals surface area contributed by atoms with Crippen LogP contribution in [0.4, 0.5) is 0 Å². The van der Waals surface area contributed by atoms with E-state index in [0.29, 0.717) is 24.5 Å². The fraction of sp³-hybridized carbons (Fsp3) is 0.320. The highest BCUT2D eigenvalue weighted by Gasteiger charge is 2.28. The summed E-state index contributed by atoms with van der Waals surface area (Å²) in [7, 11) is 0. The SMILES string of the molecule is Cc1ccc(-n2c(SCc3nc(C(=O)N4CC(C)OC(C)C4)cs3)nnc2-c2ccncc2)cc1.